The van der Waals surface area contributed by atoms with Crippen LogP contribution in [-0.4, -0.2) is 9.72 Å². The predicted molar refractivity (Wildman–Crippen MR) is 67.0 cm³/mol. The van der Waals surface area contributed by atoms with Gasteiger partial charge >= 0.3 is 0 Å². The van der Waals surface area contributed by atoms with Crippen molar-refractivity contribution in [2.75, 3.05) is 0 Å². The molecule has 2 aromatic heterocycles. The van der Waals surface area contributed by atoms with Crippen molar-refractivity contribution in [1.82, 2.24) is 9.72 Å². The van der Waals surface area contributed by atoms with E-state index in [1.807, 2.05) is 13.0 Å². The Morgan fingerprint density at radius 3 is 2.82 bits per heavy atom. The molecule has 0 aliphatic heterocycles. The molecule has 17 heavy (non-hydrogen) atoms. The highest BCUT2D eigenvalue weighted by Gasteiger charge is 2.05. The molecule has 0 amide bonds. The third-order valence-electron chi connectivity index (χ3n) is 2.93. The quantitative estimate of drug-likeness (QED) is 0.671. The molecule has 0 saturated heterocycles. The molecule has 0 unspecified atom stereocenters. The first-order chi connectivity index (χ1) is 8.22. The average molecular weight is 226 g/mol. The summed E-state index contributed by atoms with van der Waals surface area (Å²) in [6, 6.07) is 10.6. The molecule has 3 aromatic rings. The van der Waals surface area contributed by atoms with Gasteiger partial charge in [-0.1, -0.05) is 17.3 Å². The second-order valence-electron chi connectivity index (χ2n) is 4.44. The summed E-state index contributed by atoms with van der Waals surface area (Å²) < 4.78 is 7.43. The minimum absolute atomic E-state index is 0.730. The van der Waals surface area contributed by atoms with Crippen molar-refractivity contribution in [3.8, 4) is 0 Å². The van der Waals surface area contributed by atoms with E-state index in [0.717, 1.165) is 18.0 Å². The van der Waals surface area contributed by atoms with E-state index in [4.69, 9.17) is 4.52 Å². The van der Waals surface area contributed by atoms with Crippen molar-refractivity contribution < 1.29 is 4.52 Å². The molecule has 0 atom stereocenters. The van der Waals surface area contributed by atoms with Gasteiger partial charge < -0.3 is 9.09 Å². The highest BCUT2D eigenvalue weighted by atomic mass is 16.5. The molecule has 1 aromatic carbocycles. The van der Waals surface area contributed by atoms with Crippen molar-refractivity contribution in [3.05, 3.63) is 53.5 Å². The molecule has 2 heterocycles. The van der Waals surface area contributed by atoms with E-state index >= 15 is 0 Å². The van der Waals surface area contributed by atoms with Crippen LogP contribution in [0.3, 0.4) is 0 Å². The van der Waals surface area contributed by atoms with Crippen LogP contribution < -0.4 is 0 Å². The second kappa shape index (κ2) is 3.77. The second-order valence-corrected chi connectivity index (χ2v) is 4.44. The van der Waals surface area contributed by atoms with Crippen molar-refractivity contribution in [2.24, 2.45) is 0 Å². The van der Waals surface area contributed by atoms with Gasteiger partial charge in [0.2, 0.25) is 0 Å². The van der Waals surface area contributed by atoms with Gasteiger partial charge in [-0.2, -0.15) is 0 Å². The fourth-order valence-electron chi connectivity index (χ4n) is 2.09. The van der Waals surface area contributed by atoms with Gasteiger partial charge in [-0.05, 0) is 36.9 Å². The van der Waals surface area contributed by atoms with Gasteiger partial charge in [-0.3, -0.25) is 0 Å². The first-order valence-electron chi connectivity index (χ1n) is 5.70. The van der Waals surface area contributed by atoms with Gasteiger partial charge in [-0.25, -0.2) is 0 Å². The molecule has 86 valence electrons. The Hall–Kier alpha value is -2.03. The number of aryl methyl sites for hydroxylation is 2. The van der Waals surface area contributed by atoms with Crippen molar-refractivity contribution in [3.63, 3.8) is 0 Å². The minimum Gasteiger partial charge on any atom is -0.359 e. The highest BCUT2D eigenvalue weighted by Crippen LogP contribution is 2.18. The lowest BCUT2D eigenvalue weighted by molar-refractivity contribution is 0.374. The van der Waals surface area contributed by atoms with E-state index in [2.05, 4.69) is 47.1 Å². The maximum atomic E-state index is 5.25. The zero-order chi connectivity index (χ0) is 11.8. The Bertz CT molecular complexity index is 664. The average Bonchev–Trinajstić information content (AvgIpc) is 2.87. The molecule has 0 bridgehead atoms. The Kier molecular flexibility index (Phi) is 2.25. The van der Waals surface area contributed by atoms with Gasteiger partial charge in [0, 0.05) is 17.8 Å². The molecule has 0 saturated carbocycles. The van der Waals surface area contributed by atoms with Crippen LogP contribution in [0.5, 0.6) is 0 Å². The van der Waals surface area contributed by atoms with E-state index in [-0.39, 0.29) is 0 Å². The molecule has 0 spiro atoms. The highest BCUT2D eigenvalue weighted by molar-refractivity contribution is 5.80. The Morgan fingerprint density at radius 2 is 2.06 bits per heavy atom. The molecule has 0 N–H and O–H groups in total. The zero-order valence-electron chi connectivity index (χ0n) is 9.97. The first kappa shape index (κ1) is 10.1. The van der Waals surface area contributed by atoms with Gasteiger partial charge in [0.15, 0.2) is 5.76 Å². The third-order valence-corrected chi connectivity index (χ3v) is 2.93. The van der Waals surface area contributed by atoms with Crippen LogP contribution >= 0.6 is 0 Å². The smallest absolute Gasteiger partial charge is 0.156 e. The van der Waals surface area contributed by atoms with E-state index in [0.29, 0.717) is 0 Å². The summed E-state index contributed by atoms with van der Waals surface area (Å²) in [5.41, 5.74) is 3.43. The summed E-state index contributed by atoms with van der Waals surface area (Å²) in [6.07, 6.45) is 2.09. The first-order valence-corrected chi connectivity index (χ1v) is 5.70. The Labute approximate surface area is 99.6 Å². The van der Waals surface area contributed by atoms with Crippen LogP contribution in [0, 0.1) is 13.8 Å². The van der Waals surface area contributed by atoms with E-state index in [1.54, 1.807) is 0 Å². The van der Waals surface area contributed by atoms with Crippen LogP contribution in [0.1, 0.15) is 17.0 Å². The standard InChI is InChI=1S/C14H14N2O/c1-10-3-4-12-5-6-16(14(12)7-10)9-13-8-11(2)15-17-13/h3-8H,9H2,1-2H3. The number of fused-ring (bicyclic) bond motifs is 1. The number of nitrogens with zero attached hydrogens (tertiary/aromatic N) is 2. The fraction of sp³-hybridized carbons (Fsp3) is 0.214. The van der Waals surface area contributed by atoms with Gasteiger partial charge in [0.25, 0.3) is 0 Å². The maximum Gasteiger partial charge on any atom is 0.156 e. The van der Waals surface area contributed by atoms with Crippen molar-refractivity contribution >= 4 is 10.9 Å². The number of hydrogen-bond donors (Lipinski definition) is 0. The van der Waals surface area contributed by atoms with Crippen LogP contribution in [0.2, 0.25) is 0 Å². The number of aromatic nitrogens is 2. The van der Waals surface area contributed by atoms with Gasteiger partial charge in [0.1, 0.15) is 0 Å². The molecule has 3 nitrogen and oxygen atoms in total. The van der Waals surface area contributed by atoms with Gasteiger partial charge in [-0.15, -0.1) is 0 Å². The van der Waals surface area contributed by atoms with Gasteiger partial charge in [0.05, 0.1) is 12.2 Å². The van der Waals surface area contributed by atoms with Crippen molar-refractivity contribution in [1.29, 1.82) is 0 Å². The monoisotopic (exact) mass is 226 g/mol. The zero-order valence-corrected chi connectivity index (χ0v) is 9.97. The fourth-order valence-corrected chi connectivity index (χ4v) is 2.09. The molecular weight excluding hydrogens is 212 g/mol. The van der Waals surface area contributed by atoms with E-state index in [9.17, 15) is 0 Å². The van der Waals surface area contributed by atoms with E-state index < -0.39 is 0 Å². The van der Waals surface area contributed by atoms with Crippen LogP contribution in [0.25, 0.3) is 10.9 Å². The minimum atomic E-state index is 0.730. The summed E-state index contributed by atoms with van der Waals surface area (Å²) >= 11 is 0. The largest absolute Gasteiger partial charge is 0.359 e. The molecule has 0 aliphatic carbocycles. The summed E-state index contributed by atoms with van der Waals surface area (Å²) in [4.78, 5) is 0. The number of rotatable bonds is 2. The topological polar surface area (TPSA) is 31.0 Å². The Balaban J connectivity index is 2.03. The summed E-state index contributed by atoms with van der Waals surface area (Å²) in [5, 5.41) is 5.16. The number of hydrogen-bond acceptors (Lipinski definition) is 2. The Morgan fingerprint density at radius 1 is 1.18 bits per heavy atom. The lowest BCUT2D eigenvalue weighted by Crippen LogP contribution is -1.96. The SMILES string of the molecule is Cc1ccc2ccn(Cc3cc(C)no3)c2c1. The summed E-state index contributed by atoms with van der Waals surface area (Å²) in [5.74, 6) is 0.890. The van der Waals surface area contributed by atoms with Crippen LogP contribution in [-0.2, 0) is 6.54 Å². The molecule has 0 fully saturated rings. The third kappa shape index (κ3) is 1.84. The number of benzene rings is 1. The maximum absolute atomic E-state index is 5.25. The molecule has 3 rings (SSSR count). The molecule has 0 aliphatic rings. The predicted octanol–water partition coefficient (Wildman–Crippen LogP) is 3.29. The molecular formula is C14H14N2O. The van der Waals surface area contributed by atoms with Crippen molar-refractivity contribution in [2.45, 2.75) is 20.4 Å². The van der Waals surface area contributed by atoms with Crippen LogP contribution in [0.4, 0.5) is 0 Å². The molecule has 0 radical (unpaired) electrons. The summed E-state index contributed by atoms with van der Waals surface area (Å²) in [6.45, 7) is 4.77. The molecule has 3 heteroatoms. The normalized spacial score (nSPS) is 11.2. The lowest BCUT2D eigenvalue weighted by Gasteiger charge is -2.02. The van der Waals surface area contributed by atoms with E-state index in [1.165, 1.54) is 16.5 Å². The summed E-state index contributed by atoms with van der Waals surface area (Å²) in [7, 11) is 0. The lowest BCUT2D eigenvalue weighted by atomic mass is 10.2. The van der Waals surface area contributed by atoms with Crippen LogP contribution in [0.15, 0.2) is 41.1 Å².